The molecule has 1 aromatic carbocycles. The minimum absolute atomic E-state index is 0.463. The predicted molar refractivity (Wildman–Crippen MR) is 72.5 cm³/mol. The highest BCUT2D eigenvalue weighted by atomic mass is 35.5. The van der Waals surface area contributed by atoms with Crippen molar-refractivity contribution < 1.29 is 0 Å². The van der Waals surface area contributed by atoms with Crippen molar-refractivity contribution in [2.75, 3.05) is 5.32 Å². The van der Waals surface area contributed by atoms with E-state index in [1.807, 2.05) is 31.3 Å². The van der Waals surface area contributed by atoms with Crippen molar-refractivity contribution in [3.63, 3.8) is 0 Å². The first-order chi connectivity index (χ1) is 8.70. The van der Waals surface area contributed by atoms with Gasteiger partial charge in [-0.15, -0.1) is 0 Å². The van der Waals surface area contributed by atoms with Gasteiger partial charge in [-0.25, -0.2) is 0 Å². The van der Waals surface area contributed by atoms with E-state index < -0.39 is 0 Å². The van der Waals surface area contributed by atoms with Crippen molar-refractivity contribution in [3.8, 4) is 6.07 Å². The largest absolute Gasteiger partial charge is 0.381 e. The monoisotopic (exact) mass is 257 g/mol. The van der Waals surface area contributed by atoms with Crippen LogP contribution in [0.4, 0.5) is 5.69 Å². The Bertz CT molecular complexity index is 602. The molecule has 0 atom stereocenters. The molecule has 0 saturated carbocycles. The molecule has 0 unspecified atom stereocenters. The Kier molecular flexibility index (Phi) is 3.81. The molecule has 18 heavy (non-hydrogen) atoms. The van der Waals surface area contributed by atoms with Crippen LogP contribution in [-0.2, 0) is 6.54 Å². The van der Waals surface area contributed by atoms with Crippen LogP contribution < -0.4 is 5.32 Å². The maximum absolute atomic E-state index is 8.79. The SMILES string of the molecule is Cc1ccncc1CNc1ccc(C#N)c(Cl)c1. The van der Waals surface area contributed by atoms with Gasteiger partial charge in [0, 0.05) is 24.6 Å². The first kappa shape index (κ1) is 12.4. The van der Waals surface area contributed by atoms with Crippen LogP contribution in [0, 0.1) is 18.3 Å². The average molecular weight is 258 g/mol. The Hall–Kier alpha value is -2.05. The molecule has 90 valence electrons. The molecule has 0 aliphatic carbocycles. The summed E-state index contributed by atoms with van der Waals surface area (Å²) in [5.74, 6) is 0. The van der Waals surface area contributed by atoms with Gasteiger partial charge in [0.2, 0.25) is 0 Å². The lowest BCUT2D eigenvalue weighted by Crippen LogP contribution is -2.01. The molecule has 0 saturated heterocycles. The van der Waals surface area contributed by atoms with Crippen molar-refractivity contribution in [1.29, 1.82) is 5.26 Å². The van der Waals surface area contributed by atoms with Gasteiger partial charge in [0.15, 0.2) is 0 Å². The van der Waals surface area contributed by atoms with Crippen LogP contribution >= 0.6 is 11.6 Å². The van der Waals surface area contributed by atoms with Crippen molar-refractivity contribution in [1.82, 2.24) is 4.98 Å². The van der Waals surface area contributed by atoms with Crippen molar-refractivity contribution in [2.45, 2.75) is 13.5 Å². The third-order valence-corrected chi connectivity index (χ3v) is 3.03. The van der Waals surface area contributed by atoms with E-state index in [0.29, 0.717) is 17.1 Å². The van der Waals surface area contributed by atoms with Crippen LogP contribution in [0.25, 0.3) is 0 Å². The highest BCUT2D eigenvalue weighted by molar-refractivity contribution is 6.32. The summed E-state index contributed by atoms with van der Waals surface area (Å²) in [4.78, 5) is 4.09. The molecular weight excluding hydrogens is 246 g/mol. The Balaban J connectivity index is 2.10. The highest BCUT2D eigenvalue weighted by Crippen LogP contribution is 2.20. The fourth-order valence-corrected chi connectivity index (χ4v) is 1.82. The summed E-state index contributed by atoms with van der Waals surface area (Å²) >= 11 is 5.97. The molecule has 0 aliphatic heterocycles. The van der Waals surface area contributed by atoms with Gasteiger partial charge in [-0.2, -0.15) is 5.26 Å². The van der Waals surface area contributed by atoms with E-state index in [0.717, 1.165) is 11.3 Å². The smallest absolute Gasteiger partial charge is 0.101 e. The number of hydrogen-bond donors (Lipinski definition) is 1. The van der Waals surface area contributed by atoms with Crippen LogP contribution in [0.5, 0.6) is 0 Å². The second kappa shape index (κ2) is 5.52. The van der Waals surface area contributed by atoms with E-state index in [1.54, 1.807) is 18.3 Å². The average Bonchev–Trinajstić information content (AvgIpc) is 2.38. The summed E-state index contributed by atoms with van der Waals surface area (Å²) in [5, 5.41) is 12.5. The van der Waals surface area contributed by atoms with Crippen LogP contribution in [0.3, 0.4) is 0 Å². The Morgan fingerprint density at radius 2 is 2.22 bits per heavy atom. The zero-order valence-electron chi connectivity index (χ0n) is 9.94. The third-order valence-electron chi connectivity index (χ3n) is 2.72. The van der Waals surface area contributed by atoms with Gasteiger partial charge in [-0.3, -0.25) is 4.98 Å². The number of aryl methyl sites for hydroxylation is 1. The van der Waals surface area contributed by atoms with E-state index in [2.05, 4.69) is 10.3 Å². The number of anilines is 1. The minimum atomic E-state index is 0.463. The summed E-state index contributed by atoms with van der Waals surface area (Å²) in [5.41, 5.74) is 3.71. The molecule has 0 radical (unpaired) electrons. The fourth-order valence-electron chi connectivity index (χ4n) is 1.59. The second-order valence-electron chi connectivity index (χ2n) is 3.96. The van der Waals surface area contributed by atoms with Crippen molar-refractivity contribution in [2.24, 2.45) is 0 Å². The van der Waals surface area contributed by atoms with Crippen molar-refractivity contribution >= 4 is 17.3 Å². The molecule has 0 bridgehead atoms. The quantitative estimate of drug-likeness (QED) is 0.915. The third kappa shape index (κ3) is 2.79. The molecule has 2 rings (SSSR count). The summed E-state index contributed by atoms with van der Waals surface area (Å²) in [7, 11) is 0. The number of pyridine rings is 1. The van der Waals surface area contributed by atoms with E-state index >= 15 is 0 Å². The minimum Gasteiger partial charge on any atom is -0.381 e. The normalized spacial score (nSPS) is 9.83. The number of benzene rings is 1. The first-order valence-corrected chi connectivity index (χ1v) is 5.91. The van der Waals surface area contributed by atoms with Gasteiger partial charge in [-0.1, -0.05) is 11.6 Å². The number of nitriles is 1. The standard InChI is InChI=1S/C14H12ClN3/c1-10-4-5-17-8-12(10)9-18-13-3-2-11(7-16)14(15)6-13/h2-6,8,18H,9H2,1H3. The number of nitrogens with one attached hydrogen (secondary N) is 1. The Morgan fingerprint density at radius 3 is 2.89 bits per heavy atom. The molecule has 1 heterocycles. The zero-order chi connectivity index (χ0) is 13.0. The molecule has 1 N–H and O–H groups in total. The lowest BCUT2D eigenvalue weighted by atomic mass is 10.1. The van der Waals surface area contributed by atoms with Gasteiger partial charge in [-0.05, 0) is 42.3 Å². The fraction of sp³-hybridized carbons (Fsp3) is 0.143. The first-order valence-electron chi connectivity index (χ1n) is 5.53. The molecule has 1 aromatic heterocycles. The topological polar surface area (TPSA) is 48.7 Å². The molecule has 0 aliphatic rings. The molecule has 0 fully saturated rings. The van der Waals surface area contributed by atoms with Crippen molar-refractivity contribution in [3.05, 3.63) is 58.4 Å². The highest BCUT2D eigenvalue weighted by Gasteiger charge is 2.02. The van der Waals surface area contributed by atoms with Crippen LogP contribution in [0.2, 0.25) is 5.02 Å². The molecule has 0 spiro atoms. The van der Waals surface area contributed by atoms with Gasteiger partial charge in [0.1, 0.15) is 6.07 Å². The van der Waals surface area contributed by atoms with Gasteiger partial charge < -0.3 is 5.32 Å². The predicted octanol–water partition coefficient (Wildman–Crippen LogP) is 3.53. The number of hydrogen-bond acceptors (Lipinski definition) is 3. The van der Waals surface area contributed by atoms with E-state index in [1.165, 1.54) is 5.56 Å². The van der Waals surface area contributed by atoms with Crippen LogP contribution in [0.15, 0.2) is 36.7 Å². The zero-order valence-corrected chi connectivity index (χ0v) is 10.7. The maximum Gasteiger partial charge on any atom is 0.101 e. The summed E-state index contributed by atoms with van der Waals surface area (Å²) in [6.45, 7) is 2.73. The lowest BCUT2D eigenvalue weighted by molar-refractivity contribution is 1.08. The molecule has 2 aromatic rings. The Labute approximate surface area is 111 Å². The maximum atomic E-state index is 8.79. The number of rotatable bonds is 3. The van der Waals surface area contributed by atoms with Crippen LogP contribution in [-0.4, -0.2) is 4.98 Å². The summed E-state index contributed by atoms with van der Waals surface area (Å²) in [6.07, 6.45) is 3.62. The van der Waals surface area contributed by atoms with Crippen LogP contribution in [0.1, 0.15) is 16.7 Å². The lowest BCUT2D eigenvalue weighted by Gasteiger charge is -2.09. The van der Waals surface area contributed by atoms with Gasteiger partial charge in [0.25, 0.3) is 0 Å². The second-order valence-corrected chi connectivity index (χ2v) is 4.37. The number of aromatic nitrogens is 1. The van der Waals surface area contributed by atoms with E-state index in [9.17, 15) is 0 Å². The summed E-state index contributed by atoms with van der Waals surface area (Å²) in [6, 6.07) is 9.32. The number of nitrogens with zero attached hydrogens (tertiary/aromatic N) is 2. The van der Waals surface area contributed by atoms with E-state index in [4.69, 9.17) is 16.9 Å². The molecule has 4 heteroatoms. The molecule has 3 nitrogen and oxygen atoms in total. The van der Waals surface area contributed by atoms with Gasteiger partial charge in [0.05, 0.1) is 10.6 Å². The Morgan fingerprint density at radius 1 is 1.39 bits per heavy atom. The number of halogens is 1. The van der Waals surface area contributed by atoms with E-state index in [-0.39, 0.29) is 0 Å². The molecule has 0 amide bonds. The van der Waals surface area contributed by atoms with Gasteiger partial charge >= 0.3 is 0 Å². The summed E-state index contributed by atoms with van der Waals surface area (Å²) < 4.78 is 0. The molecular formula is C14H12ClN3.